The van der Waals surface area contributed by atoms with Gasteiger partial charge in [0.25, 0.3) is 5.91 Å². The molecule has 1 fully saturated rings. The number of rotatable bonds is 5. The van der Waals surface area contributed by atoms with Crippen LogP contribution in [0.4, 0.5) is 0 Å². The lowest BCUT2D eigenvalue weighted by molar-refractivity contribution is -0.0440. The molecule has 170 valence electrons. The average molecular weight is 474 g/mol. The van der Waals surface area contributed by atoms with Crippen molar-refractivity contribution in [2.45, 2.75) is 50.8 Å². The van der Waals surface area contributed by atoms with Crippen molar-refractivity contribution in [1.29, 1.82) is 0 Å². The van der Waals surface area contributed by atoms with Crippen molar-refractivity contribution >= 4 is 37.5 Å². The minimum Gasteiger partial charge on any atom is -0.373 e. The summed E-state index contributed by atoms with van der Waals surface area (Å²) in [4.78, 5) is 18.0. The van der Waals surface area contributed by atoms with Crippen molar-refractivity contribution in [1.82, 2.24) is 8.87 Å². The monoisotopic (exact) mass is 473 g/mol. The molecular formula is C23H27N3O4S2. The van der Waals surface area contributed by atoms with E-state index in [1.807, 2.05) is 38.1 Å². The largest absolute Gasteiger partial charge is 0.373 e. The van der Waals surface area contributed by atoms with Gasteiger partial charge in [-0.1, -0.05) is 30.4 Å². The fourth-order valence-electron chi connectivity index (χ4n) is 3.94. The summed E-state index contributed by atoms with van der Waals surface area (Å²) in [6.45, 7) is 7.20. The van der Waals surface area contributed by atoms with Crippen LogP contribution in [0.25, 0.3) is 10.2 Å². The number of aromatic nitrogens is 1. The Morgan fingerprint density at radius 3 is 2.41 bits per heavy atom. The lowest BCUT2D eigenvalue weighted by atomic mass is 10.2. The molecule has 0 bridgehead atoms. The molecule has 1 amide bonds. The van der Waals surface area contributed by atoms with E-state index < -0.39 is 10.0 Å². The Hall–Kier alpha value is -2.33. The fraction of sp³-hybridized carbons (Fsp3) is 0.391. The number of hydrogen-bond donors (Lipinski definition) is 0. The lowest BCUT2D eigenvalue weighted by Crippen LogP contribution is -2.48. The molecule has 2 heterocycles. The summed E-state index contributed by atoms with van der Waals surface area (Å²) in [5.74, 6) is -0.390. The summed E-state index contributed by atoms with van der Waals surface area (Å²) >= 11 is 1.47. The van der Waals surface area contributed by atoms with E-state index in [2.05, 4.69) is 16.5 Å². The maximum Gasteiger partial charge on any atom is 0.279 e. The average Bonchev–Trinajstić information content (AvgIpc) is 3.10. The van der Waals surface area contributed by atoms with Crippen LogP contribution in [0.2, 0.25) is 0 Å². The van der Waals surface area contributed by atoms with Crippen molar-refractivity contribution in [3.05, 3.63) is 58.9 Å². The van der Waals surface area contributed by atoms with Gasteiger partial charge in [0, 0.05) is 25.2 Å². The zero-order valence-corrected chi connectivity index (χ0v) is 20.0. The van der Waals surface area contributed by atoms with E-state index in [1.165, 1.54) is 39.9 Å². The van der Waals surface area contributed by atoms with E-state index in [-0.39, 0.29) is 23.0 Å². The van der Waals surface area contributed by atoms with Gasteiger partial charge in [-0.2, -0.15) is 9.30 Å². The van der Waals surface area contributed by atoms with Crippen molar-refractivity contribution in [3.8, 4) is 0 Å². The summed E-state index contributed by atoms with van der Waals surface area (Å²) in [5.41, 5.74) is 1.41. The summed E-state index contributed by atoms with van der Waals surface area (Å²) in [6, 6.07) is 14.0. The molecule has 0 radical (unpaired) electrons. The number of benzene rings is 2. The highest BCUT2D eigenvalue weighted by Crippen LogP contribution is 2.22. The third kappa shape index (κ3) is 4.56. The van der Waals surface area contributed by atoms with Gasteiger partial charge in [-0.15, -0.1) is 0 Å². The number of fused-ring (bicyclic) bond motifs is 1. The number of para-hydroxylation sites is 1. The second-order valence-electron chi connectivity index (χ2n) is 8.02. The van der Waals surface area contributed by atoms with Crippen LogP contribution in [-0.2, 0) is 21.3 Å². The molecule has 1 aliphatic rings. The first-order valence-corrected chi connectivity index (χ1v) is 13.0. The molecule has 7 nitrogen and oxygen atoms in total. The van der Waals surface area contributed by atoms with Crippen molar-refractivity contribution in [2.75, 3.05) is 13.1 Å². The molecule has 4 rings (SSSR count). The number of amides is 1. The van der Waals surface area contributed by atoms with E-state index in [1.54, 1.807) is 0 Å². The van der Waals surface area contributed by atoms with E-state index in [4.69, 9.17) is 4.74 Å². The second-order valence-corrected chi connectivity index (χ2v) is 11.0. The van der Waals surface area contributed by atoms with Gasteiger partial charge in [-0.05, 0) is 56.7 Å². The molecule has 0 N–H and O–H groups in total. The first-order valence-electron chi connectivity index (χ1n) is 10.7. The summed E-state index contributed by atoms with van der Waals surface area (Å²) in [6.07, 6.45) is 0.599. The van der Waals surface area contributed by atoms with Crippen LogP contribution in [0.1, 0.15) is 37.6 Å². The number of ether oxygens (including phenoxy) is 1. The Labute approximate surface area is 192 Å². The molecule has 3 aromatic rings. The molecule has 2 aromatic carbocycles. The van der Waals surface area contributed by atoms with Crippen molar-refractivity contribution < 1.29 is 17.9 Å². The van der Waals surface area contributed by atoms with Crippen molar-refractivity contribution in [3.63, 3.8) is 0 Å². The van der Waals surface area contributed by atoms with Crippen LogP contribution in [0.5, 0.6) is 0 Å². The number of carbonyl (C=O) groups excluding carboxylic acids is 1. The molecule has 0 saturated carbocycles. The molecule has 0 spiro atoms. The third-order valence-corrected chi connectivity index (χ3v) is 8.26. The lowest BCUT2D eigenvalue weighted by Gasteiger charge is -2.34. The summed E-state index contributed by atoms with van der Waals surface area (Å²) < 4.78 is 36.3. The smallest absolute Gasteiger partial charge is 0.279 e. The maximum atomic E-state index is 13.0. The van der Waals surface area contributed by atoms with E-state index in [0.29, 0.717) is 23.5 Å². The first-order chi connectivity index (χ1) is 15.3. The summed E-state index contributed by atoms with van der Waals surface area (Å²) in [7, 11) is -3.65. The Bertz CT molecular complexity index is 1280. The van der Waals surface area contributed by atoms with Crippen LogP contribution in [0.15, 0.2) is 58.4 Å². The van der Waals surface area contributed by atoms with Gasteiger partial charge in [-0.3, -0.25) is 4.79 Å². The number of morpholine rings is 1. The predicted molar refractivity (Wildman–Crippen MR) is 125 cm³/mol. The van der Waals surface area contributed by atoms with Crippen LogP contribution in [0, 0.1) is 0 Å². The molecule has 1 saturated heterocycles. The molecule has 1 aliphatic heterocycles. The van der Waals surface area contributed by atoms with Crippen molar-refractivity contribution in [2.24, 2.45) is 4.99 Å². The summed E-state index contributed by atoms with van der Waals surface area (Å²) in [5, 5.41) is 0. The van der Waals surface area contributed by atoms with Crippen LogP contribution >= 0.6 is 11.3 Å². The molecule has 2 unspecified atom stereocenters. The second kappa shape index (κ2) is 9.27. The third-order valence-electron chi connectivity index (χ3n) is 5.36. The van der Waals surface area contributed by atoms with Gasteiger partial charge in [-0.25, -0.2) is 8.42 Å². The zero-order chi connectivity index (χ0) is 22.9. The Kier molecular flexibility index (Phi) is 6.62. The van der Waals surface area contributed by atoms with Gasteiger partial charge >= 0.3 is 0 Å². The van der Waals surface area contributed by atoms with Gasteiger partial charge in [0.05, 0.1) is 27.3 Å². The van der Waals surface area contributed by atoms with E-state index >= 15 is 0 Å². The SMILES string of the molecule is CCCn1c(=NC(=O)c2ccc(S(=O)(=O)N3CC(C)OC(C)C3)cc2)sc2ccccc21. The molecule has 9 heteroatoms. The highest BCUT2D eigenvalue weighted by atomic mass is 32.2. The quantitative estimate of drug-likeness (QED) is 0.566. The molecule has 1 aromatic heterocycles. The van der Waals surface area contributed by atoms with Gasteiger partial charge in [0.2, 0.25) is 10.0 Å². The number of aryl methyl sites for hydroxylation is 1. The number of thiazole rings is 1. The highest BCUT2D eigenvalue weighted by Gasteiger charge is 2.32. The predicted octanol–water partition coefficient (Wildman–Crippen LogP) is 3.65. The number of carbonyl (C=O) groups is 1. The fourth-order valence-corrected chi connectivity index (χ4v) is 6.59. The van der Waals surface area contributed by atoms with Crippen LogP contribution < -0.4 is 4.80 Å². The number of sulfonamides is 1. The molecule has 2 atom stereocenters. The topological polar surface area (TPSA) is 81.0 Å². The van der Waals surface area contributed by atoms with E-state index in [9.17, 15) is 13.2 Å². The number of hydrogen-bond acceptors (Lipinski definition) is 5. The Morgan fingerprint density at radius 1 is 1.09 bits per heavy atom. The van der Waals surface area contributed by atoms with Gasteiger partial charge in [0.1, 0.15) is 0 Å². The van der Waals surface area contributed by atoms with Gasteiger partial charge < -0.3 is 9.30 Å². The highest BCUT2D eigenvalue weighted by molar-refractivity contribution is 7.89. The molecular weight excluding hydrogens is 446 g/mol. The maximum absolute atomic E-state index is 13.0. The minimum atomic E-state index is -3.65. The molecule has 0 aliphatic carbocycles. The number of nitrogens with zero attached hydrogens (tertiary/aromatic N) is 3. The standard InChI is InChI=1S/C23H27N3O4S2/c1-4-13-26-20-7-5-6-8-21(20)31-23(26)24-22(27)18-9-11-19(12-10-18)32(28,29)25-14-16(2)30-17(3)15-25/h5-12,16-17H,4,13-15H2,1-3H3. The first kappa shape index (κ1) is 22.8. The van der Waals surface area contributed by atoms with Gasteiger partial charge in [0.15, 0.2) is 4.80 Å². The molecule has 32 heavy (non-hydrogen) atoms. The Morgan fingerprint density at radius 2 is 1.75 bits per heavy atom. The van der Waals surface area contributed by atoms with Crippen LogP contribution in [0.3, 0.4) is 0 Å². The Balaban J connectivity index is 1.62. The van der Waals surface area contributed by atoms with Crippen LogP contribution in [-0.4, -0.2) is 48.5 Å². The minimum absolute atomic E-state index is 0.163. The zero-order valence-electron chi connectivity index (χ0n) is 18.4. The van der Waals surface area contributed by atoms with E-state index in [0.717, 1.165) is 23.2 Å². The normalized spacial score (nSPS) is 20.7.